The molecule has 1 aromatic rings. The third-order valence-corrected chi connectivity index (χ3v) is 2.93. The number of rotatable bonds is 6. The van der Waals surface area contributed by atoms with Gasteiger partial charge >= 0.3 is 5.97 Å². The normalized spacial score (nSPS) is 12.2. The van der Waals surface area contributed by atoms with Crippen LogP contribution in [0, 0.1) is 0 Å². The number of para-hydroxylation sites is 1. The van der Waals surface area contributed by atoms with Crippen LogP contribution in [-0.2, 0) is 11.4 Å². The van der Waals surface area contributed by atoms with Crippen LogP contribution in [0.2, 0.25) is 0 Å². The second kappa shape index (κ2) is 7.32. The van der Waals surface area contributed by atoms with Crippen LogP contribution in [0.4, 0.5) is 0 Å². The lowest BCUT2D eigenvalue weighted by atomic mass is 10.2. The highest BCUT2D eigenvalue weighted by molar-refractivity contribution is 7.98. The minimum absolute atomic E-state index is 0.163. The van der Waals surface area contributed by atoms with Gasteiger partial charge < -0.3 is 15.6 Å². The van der Waals surface area contributed by atoms with E-state index in [1.165, 1.54) is 0 Å². The van der Waals surface area contributed by atoms with Gasteiger partial charge in [0.25, 0.3) is 0 Å². The van der Waals surface area contributed by atoms with Gasteiger partial charge in [0.2, 0.25) is 0 Å². The lowest BCUT2D eigenvalue weighted by Gasteiger charge is -2.12. The predicted octanol–water partition coefficient (Wildman–Crippen LogP) is 1.16. The van der Waals surface area contributed by atoms with Crippen molar-refractivity contribution in [2.45, 2.75) is 19.1 Å². The minimum atomic E-state index is -0.616. The van der Waals surface area contributed by atoms with E-state index in [-0.39, 0.29) is 6.61 Å². The van der Waals surface area contributed by atoms with Crippen LogP contribution in [0.15, 0.2) is 24.3 Å². The van der Waals surface area contributed by atoms with Crippen molar-refractivity contribution in [3.63, 3.8) is 0 Å². The molecule has 0 saturated carbocycles. The zero-order valence-electron chi connectivity index (χ0n) is 9.76. The molecule has 0 aliphatic rings. The smallest absolute Gasteiger partial charge is 0.328 e. The summed E-state index contributed by atoms with van der Waals surface area (Å²) in [7, 11) is 0. The molecule has 17 heavy (non-hydrogen) atoms. The largest absolute Gasteiger partial charge is 0.425 e. The second-order valence-corrected chi connectivity index (χ2v) is 4.56. The molecule has 0 heterocycles. The summed E-state index contributed by atoms with van der Waals surface area (Å²) < 4.78 is 5.16. The van der Waals surface area contributed by atoms with E-state index in [9.17, 15) is 4.79 Å². The molecule has 0 fully saturated rings. The fourth-order valence-electron chi connectivity index (χ4n) is 1.28. The standard InChI is InChI=1S/C12H17NO3S/c1-17-7-6-10(13)12(15)16-11-5-3-2-4-9(11)8-14/h2-5,10,14H,6-8,13H2,1H3/t10-/m0/s1. The van der Waals surface area contributed by atoms with Gasteiger partial charge in [0.15, 0.2) is 0 Å². The fraction of sp³-hybridized carbons (Fsp3) is 0.417. The van der Waals surface area contributed by atoms with Gasteiger partial charge in [-0.2, -0.15) is 11.8 Å². The summed E-state index contributed by atoms with van der Waals surface area (Å²) in [6, 6.07) is 6.25. The Hall–Kier alpha value is -1.04. The van der Waals surface area contributed by atoms with Crippen LogP contribution in [0.1, 0.15) is 12.0 Å². The number of nitrogens with two attached hydrogens (primary N) is 1. The fourth-order valence-corrected chi connectivity index (χ4v) is 1.77. The zero-order chi connectivity index (χ0) is 12.7. The molecule has 1 aromatic carbocycles. The molecule has 0 aliphatic carbocycles. The lowest BCUT2D eigenvalue weighted by Crippen LogP contribution is -2.34. The Labute approximate surface area is 105 Å². The Morgan fingerprint density at radius 2 is 2.24 bits per heavy atom. The van der Waals surface area contributed by atoms with E-state index in [0.717, 1.165) is 5.75 Å². The minimum Gasteiger partial charge on any atom is -0.425 e. The summed E-state index contributed by atoms with van der Waals surface area (Å²) in [5.74, 6) is 0.734. The van der Waals surface area contributed by atoms with Crippen LogP contribution < -0.4 is 10.5 Å². The highest BCUT2D eigenvalue weighted by atomic mass is 32.2. The summed E-state index contributed by atoms with van der Waals surface area (Å²) in [5, 5.41) is 9.09. The van der Waals surface area contributed by atoms with Gasteiger partial charge in [0, 0.05) is 5.56 Å². The molecule has 0 saturated heterocycles. The van der Waals surface area contributed by atoms with Crippen molar-refractivity contribution in [3.8, 4) is 5.75 Å². The Morgan fingerprint density at radius 1 is 1.53 bits per heavy atom. The zero-order valence-corrected chi connectivity index (χ0v) is 10.6. The van der Waals surface area contributed by atoms with E-state index in [1.807, 2.05) is 6.26 Å². The van der Waals surface area contributed by atoms with Crippen LogP contribution in [0.25, 0.3) is 0 Å². The molecule has 0 amide bonds. The first-order chi connectivity index (χ1) is 8.19. The van der Waals surface area contributed by atoms with Crippen LogP contribution in [-0.4, -0.2) is 29.1 Å². The Kier molecular flexibility index (Phi) is 6.04. The number of hydrogen-bond donors (Lipinski definition) is 2. The molecular weight excluding hydrogens is 238 g/mol. The van der Waals surface area contributed by atoms with Gasteiger partial charge in [0.1, 0.15) is 11.8 Å². The topological polar surface area (TPSA) is 72.6 Å². The number of esters is 1. The van der Waals surface area contributed by atoms with Crippen molar-refractivity contribution < 1.29 is 14.6 Å². The number of hydrogen-bond acceptors (Lipinski definition) is 5. The molecule has 0 spiro atoms. The number of aliphatic hydroxyl groups is 1. The second-order valence-electron chi connectivity index (χ2n) is 3.57. The van der Waals surface area contributed by atoms with Crippen molar-refractivity contribution in [1.29, 1.82) is 0 Å². The molecule has 0 unspecified atom stereocenters. The number of aliphatic hydroxyl groups excluding tert-OH is 1. The summed E-state index contributed by atoms with van der Waals surface area (Å²) in [4.78, 5) is 11.6. The first-order valence-corrected chi connectivity index (χ1v) is 6.73. The molecule has 0 aromatic heterocycles. The molecule has 1 atom stereocenters. The van der Waals surface area contributed by atoms with Gasteiger partial charge in [0.05, 0.1) is 6.61 Å². The molecule has 3 N–H and O–H groups in total. The molecule has 5 heteroatoms. The lowest BCUT2D eigenvalue weighted by molar-refractivity contribution is -0.135. The SMILES string of the molecule is CSCC[C@H](N)C(=O)Oc1ccccc1CO. The monoisotopic (exact) mass is 255 g/mol. The van der Waals surface area contributed by atoms with Gasteiger partial charge in [-0.05, 0) is 24.5 Å². The third-order valence-electron chi connectivity index (χ3n) is 2.29. The van der Waals surface area contributed by atoms with Gasteiger partial charge in [-0.1, -0.05) is 18.2 Å². The summed E-state index contributed by atoms with van der Waals surface area (Å²) >= 11 is 1.63. The molecule has 0 bridgehead atoms. The van der Waals surface area contributed by atoms with Crippen LogP contribution >= 0.6 is 11.8 Å². The van der Waals surface area contributed by atoms with E-state index in [0.29, 0.717) is 17.7 Å². The quantitative estimate of drug-likeness (QED) is 0.589. The van der Waals surface area contributed by atoms with Gasteiger partial charge in [-0.3, -0.25) is 0 Å². The first-order valence-electron chi connectivity index (χ1n) is 5.34. The highest BCUT2D eigenvalue weighted by Gasteiger charge is 2.16. The van der Waals surface area contributed by atoms with Gasteiger partial charge in [-0.15, -0.1) is 0 Å². The number of thioether (sulfide) groups is 1. The van der Waals surface area contributed by atoms with Crippen molar-refractivity contribution >= 4 is 17.7 Å². The van der Waals surface area contributed by atoms with E-state index in [1.54, 1.807) is 36.0 Å². The number of carbonyl (C=O) groups excluding carboxylic acids is 1. The maximum absolute atomic E-state index is 11.6. The van der Waals surface area contributed by atoms with Gasteiger partial charge in [-0.25, -0.2) is 4.79 Å². The Balaban J connectivity index is 2.61. The number of ether oxygens (including phenoxy) is 1. The van der Waals surface area contributed by atoms with Crippen molar-refractivity contribution in [2.75, 3.05) is 12.0 Å². The van der Waals surface area contributed by atoms with E-state index < -0.39 is 12.0 Å². The van der Waals surface area contributed by atoms with Crippen molar-refractivity contribution in [1.82, 2.24) is 0 Å². The molecule has 4 nitrogen and oxygen atoms in total. The average Bonchev–Trinajstić information content (AvgIpc) is 2.36. The van der Waals surface area contributed by atoms with E-state index in [4.69, 9.17) is 15.6 Å². The van der Waals surface area contributed by atoms with Crippen molar-refractivity contribution in [3.05, 3.63) is 29.8 Å². The first kappa shape index (κ1) is 14.0. The number of benzene rings is 1. The molecule has 1 rings (SSSR count). The maximum atomic E-state index is 11.6. The molecule has 0 aliphatic heterocycles. The Morgan fingerprint density at radius 3 is 2.88 bits per heavy atom. The van der Waals surface area contributed by atoms with E-state index in [2.05, 4.69) is 0 Å². The van der Waals surface area contributed by atoms with E-state index >= 15 is 0 Å². The summed E-state index contributed by atoms with van der Waals surface area (Å²) in [6.07, 6.45) is 2.54. The highest BCUT2D eigenvalue weighted by Crippen LogP contribution is 2.18. The summed E-state index contributed by atoms with van der Waals surface area (Å²) in [6.45, 7) is -0.163. The summed E-state index contributed by atoms with van der Waals surface area (Å²) in [5.41, 5.74) is 6.27. The average molecular weight is 255 g/mol. The van der Waals surface area contributed by atoms with Crippen LogP contribution in [0.3, 0.4) is 0 Å². The molecular formula is C12H17NO3S. The molecule has 0 radical (unpaired) electrons. The molecule has 94 valence electrons. The Bertz CT molecular complexity index is 371. The van der Waals surface area contributed by atoms with Crippen molar-refractivity contribution in [2.24, 2.45) is 5.73 Å². The number of carbonyl (C=O) groups is 1. The third kappa shape index (κ3) is 4.38. The maximum Gasteiger partial charge on any atom is 0.328 e. The predicted molar refractivity (Wildman–Crippen MR) is 69.0 cm³/mol. The van der Waals surface area contributed by atoms with Crippen LogP contribution in [0.5, 0.6) is 5.75 Å².